The molecule has 10 nitrogen and oxygen atoms in total. The van der Waals surface area contributed by atoms with Crippen LogP contribution in [0.3, 0.4) is 0 Å². The van der Waals surface area contributed by atoms with E-state index in [1.807, 2.05) is 23.1 Å². The Morgan fingerprint density at radius 3 is 2.87 bits per heavy atom. The van der Waals surface area contributed by atoms with Crippen molar-refractivity contribution in [2.45, 2.75) is 13.0 Å². The largest absolute Gasteiger partial charge is 0.493 e. The number of methoxy groups -OCH3 is 1. The van der Waals surface area contributed by atoms with Crippen molar-refractivity contribution < 1.29 is 18.7 Å². The van der Waals surface area contributed by atoms with E-state index in [4.69, 9.17) is 15.9 Å². The smallest absolute Gasteiger partial charge is 0.246 e. The molecule has 4 rings (SSSR count). The lowest BCUT2D eigenvalue weighted by atomic mass is 10.2. The van der Waals surface area contributed by atoms with Crippen molar-refractivity contribution in [2.75, 3.05) is 44.0 Å². The van der Waals surface area contributed by atoms with E-state index in [9.17, 15) is 9.18 Å². The second kappa shape index (κ2) is 13.0. The first-order chi connectivity index (χ1) is 18.5. The average molecular weight is 518 g/mol. The molecule has 0 saturated carbocycles. The Morgan fingerprint density at radius 1 is 1.16 bits per heavy atom. The first-order valence-electron chi connectivity index (χ1n) is 12.0. The maximum Gasteiger partial charge on any atom is 0.246 e. The molecular formula is C27H28FN7O3. The minimum Gasteiger partial charge on any atom is -0.493 e. The van der Waals surface area contributed by atoms with Gasteiger partial charge in [-0.25, -0.2) is 14.4 Å². The molecule has 0 aliphatic heterocycles. The molecule has 0 unspecified atom stereocenters. The molecule has 11 heteroatoms. The number of rotatable bonds is 13. The number of carbonyl (C=O) groups is 1. The Kier molecular flexibility index (Phi) is 9.04. The van der Waals surface area contributed by atoms with E-state index in [1.165, 1.54) is 29.2 Å². The van der Waals surface area contributed by atoms with E-state index in [2.05, 4.69) is 31.7 Å². The molecule has 2 heterocycles. The van der Waals surface area contributed by atoms with Crippen LogP contribution in [0.4, 0.5) is 21.6 Å². The van der Waals surface area contributed by atoms with Crippen molar-refractivity contribution in [1.29, 1.82) is 0 Å². The van der Waals surface area contributed by atoms with Gasteiger partial charge in [0.05, 0.1) is 30.6 Å². The number of amides is 1. The molecule has 2 aromatic carbocycles. The van der Waals surface area contributed by atoms with Crippen LogP contribution in [-0.4, -0.2) is 64.0 Å². The van der Waals surface area contributed by atoms with E-state index in [0.717, 1.165) is 11.8 Å². The van der Waals surface area contributed by atoms with Crippen LogP contribution < -0.4 is 15.4 Å². The maximum absolute atomic E-state index is 13.3. The maximum atomic E-state index is 13.3. The van der Waals surface area contributed by atoms with Gasteiger partial charge in [0.2, 0.25) is 5.91 Å². The number of aromatic nitrogens is 4. The minimum absolute atomic E-state index is 0.0328. The molecule has 0 atom stereocenters. The lowest BCUT2D eigenvalue weighted by Gasteiger charge is -2.17. The van der Waals surface area contributed by atoms with E-state index in [1.54, 1.807) is 25.6 Å². The van der Waals surface area contributed by atoms with E-state index < -0.39 is 5.82 Å². The Balaban J connectivity index is 1.32. The second-order valence-electron chi connectivity index (χ2n) is 8.32. The fourth-order valence-corrected chi connectivity index (χ4v) is 3.68. The van der Waals surface area contributed by atoms with Gasteiger partial charge in [-0.05, 0) is 36.8 Å². The van der Waals surface area contributed by atoms with Gasteiger partial charge in [-0.15, -0.1) is 0 Å². The van der Waals surface area contributed by atoms with Gasteiger partial charge in [0, 0.05) is 49.6 Å². The van der Waals surface area contributed by atoms with Gasteiger partial charge in [0.25, 0.3) is 0 Å². The lowest BCUT2D eigenvalue weighted by molar-refractivity contribution is -0.116. The third-order valence-corrected chi connectivity index (χ3v) is 5.51. The summed E-state index contributed by atoms with van der Waals surface area (Å²) >= 11 is 0. The zero-order chi connectivity index (χ0) is 26.7. The molecule has 2 aromatic heterocycles. The van der Waals surface area contributed by atoms with Crippen LogP contribution in [0.2, 0.25) is 0 Å². The number of nitrogens with zero attached hydrogens (tertiary/aromatic N) is 5. The number of benzene rings is 2. The molecule has 0 bridgehead atoms. The van der Waals surface area contributed by atoms with Crippen LogP contribution in [0.5, 0.6) is 5.75 Å². The zero-order valence-electron chi connectivity index (χ0n) is 20.9. The van der Waals surface area contributed by atoms with Crippen LogP contribution in [0.1, 0.15) is 6.42 Å². The standard InChI is InChI=1S/C27H28FN7O3/c1-3-34(11-13-37-2)10-5-12-38-23-8-9-24-25(15-23)29-19-30-27(24)33-22-16-31-35(17-22)18-26(36)32-21-7-4-6-20(28)14-21/h1,4,6-9,14-17,19H,5,10-13,18H2,2H3,(H,32,36)(H,29,30,33). The summed E-state index contributed by atoms with van der Waals surface area (Å²) in [4.78, 5) is 22.9. The van der Waals surface area contributed by atoms with Crippen molar-refractivity contribution in [3.05, 3.63) is 67.0 Å². The number of hydrogen-bond acceptors (Lipinski definition) is 8. The number of halogens is 1. The number of anilines is 3. The number of terminal acetylenes is 1. The molecule has 2 N–H and O–H groups in total. The highest BCUT2D eigenvalue weighted by Crippen LogP contribution is 2.26. The first-order valence-corrected chi connectivity index (χ1v) is 12.0. The van der Waals surface area contributed by atoms with Gasteiger partial charge in [-0.3, -0.25) is 9.48 Å². The summed E-state index contributed by atoms with van der Waals surface area (Å²) in [7, 11) is 1.65. The molecule has 0 spiro atoms. The minimum atomic E-state index is -0.422. The second-order valence-corrected chi connectivity index (χ2v) is 8.32. The quantitative estimate of drug-likeness (QED) is 0.157. The molecule has 0 fully saturated rings. The van der Waals surface area contributed by atoms with E-state index in [-0.39, 0.29) is 12.5 Å². The SMILES string of the molecule is C#CN(CCCOc1ccc2c(Nc3cnn(CC(=O)Nc4cccc(F)c4)c3)ncnc2c1)CCOC. The molecule has 0 aliphatic carbocycles. The van der Waals surface area contributed by atoms with Crippen molar-refractivity contribution >= 4 is 34.0 Å². The van der Waals surface area contributed by atoms with Crippen LogP contribution in [0.15, 0.2) is 61.2 Å². The number of carbonyl (C=O) groups excluding carboxylic acids is 1. The monoisotopic (exact) mass is 517 g/mol. The first kappa shape index (κ1) is 26.4. The van der Waals surface area contributed by atoms with E-state index in [0.29, 0.717) is 54.8 Å². The highest BCUT2D eigenvalue weighted by atomic mass is 19.1. The van der Waals surface area contributed by atoms with Gasteiger partial charge in [0.1, 0.15) is 30.3 Å². The van der Waals surface area contributed by atoms with Gasteiger partial charge in [0.15, 0.2) is 0 Å². The number of ether oxygens (including phenoxy) is 2. The van der Waals surface area contributed by atoms with Gasteiger partial charge in [-0.1, -0.05) is 12.5 Å². The summed E-state index contributed by atoms with van der Waals surface area (Å²) in [6.07, 6.45) is 11.0. The summed E-state index contributed by atoms with van der Waals surface area (Å²) in [5, 5.41) is 10.9. The summed E-state index contributed by atoms with van der Waals surface area (Å²) in [5.41, 5.74) is 1.75. The number of hydrogen-bond donors (Lipinski definition) is 2. The van der Waals surface area contributed by atoms with Crippen molar-refractivity contribution in [3.8, 4) is 18.2 Å². The summed E-state index contributed by atoms with van der Waals surface area (Å²) in [6.45, 7) is 2.45. The van der Waals surface area contributed by atoms with Crippen LogP contribution in [-0.2, 0) is 16.1 Å². The van der Waals surface area contributed by atoms with Crippen molar-refractivity contribution in [3.63, 3.8) is 0 Å². The molecule has 0 radical (unpaired) electrons. The molecule has 0 aliphatic rings. The summed E-state index contributed by atoms with van der Waals surface area (Å²) in [6, 6.07) is 14.0. The Labute approximate surface area is 219 Å². The van der Waals surface area contributed by atoms with Crippen LogP contribution >= 0.6 is 0 Å². The third-order valence-electron chi connectivity index (χ3n) is 5.51. The predicted molar refractivity (Wildman–Crippen MR) is 142 cm³/mol. The van der Waals surface area contributed by atoms with Crippen LogP contribution in [0.25, 0.3) is 10.9 Å². The van der Waals surface area contributed by atoms with Crippen molar-refractivity contribution in [2.24, 2.45) is 0 Å². The van der Waals surface area contributed by atoms with Gasteiger partial charge < -0.3 is 25.0 Å². The fourth-order valence-electron chi connectivity index (χ4n) is 3.68. The number of nitrogens with one attached hydrogen (secondary N) is 2. The molecule has 196 valence electrons. The van der Waals surface area contributed by atoms with Crippen molar-refractivity contribution in [1.82, 2.24) is 24.6 Å². The highest BCUT2D eigenvalue weighted by molar-refractivity contribution is 5.92. The highest BCUT2D eigenvalue weighted by Gasteiger charge is 2.10. The topological polar surface area (TPSA) is 106 Å². The van der Waals surface area contributed by atoms with Gasteiger partial charge >= 0.3 is 0 Å². The Bertz CT molecular complexity index is 1420. The zero-order valence-corrected chi connectivity index (χ0v) is 20.9. The molecule has 38 heavy (non-hydrogen) atoms. The molecular weight excluding hydrogens is 489 g/mol. The number of fused-ring (bicyclic) bond motifs is 1. The Hall–Kier alpha value is -4.69. The normalized spacial score (nSPS) is 10.7. The Morgan fingerprint density at radius 2 is 2.05 bits per heavy atom. The average Bonchev–Trinajstić information content (AvgIpc) is 3.34. The summed E-state index contributed by atoms with van der Waals surface area (Å²) in [5.74, 6) is 0.540. The predicted octanol–water partition coefficient (Wildman–Crippen LogP) is 3.66. The van der Waals surface area contributed by atoms with Crippen LogP contribution in [0, 0.1) is 18.3 Å². The van der Waals surface area contributed by atoms with Gasteiger partial charge in [-0.2, -0.15) is 5.10 Å². The third kappa shape index (κ3) is 7.41. The van der Waals surface area contributed by atoms with E-state index >= 15 is 0 Å². The summed E-state index contributed by atoms with van der Waals surface area (Å²) < 4.78 is 25.7. The fraction of sp³-hybridized carbons (Fsp3) is 0.259. The lowest BCUT2D eigenvalue weighted by Crippen LogP contribution is -2.24. The molecule has 1 amide bonds. The molecule has 4 aromatic rings. The molecule has 0 saturated heterocycles.